The molecule has 1 aromatic carbocycles. The third-order valence-electron chi connectivity index (χ3n) is 4.97. The van der Waals surface area contributed by atoms with E-state index in [1.807, 2.05) is 6.07 Å². The summed E-state index contributed by atoms with van der Waals surface area (Å²) >= 11 is 0. The molecule has 3 rings (SSSR count). The van der Waals surface area contributed by atoms with E-state index in [9.17, 15) is 13.2 Å². The molecule has 0 unspecified atom stereocenters. The second kappa shape index (κ2) is 6.61. The van der Waals surface area contributed by atoms with Crippen LogP contribution in [0.25, 0.3) is 0 Å². The summed E-state index contributed by atoms with van der Waals surface area (Å²) in [6.45, 7) is 3.81. The standard InChI is InChI=1S/C17H24N2O3S/c1-13-11-16(13)17(20)18-12-14-7-9-19(10-8-14)23(21,22)15-5-3-2-4-6-15/h2-6,13-14,16H,7-12H2,1H3,(H,18,20)/t13-,16+/m0/s1. The number of sulfonamides is 1. The van der Waals surface area contributed by atoms with Crippen molar-refractivity contribution in [1.29, 1.82) is 0 Å². The van der Waals surface area contributed by atoms with Gasteiger partial charge >= 0.3 is 0 Å². The zero-order valence-electron chi connectivity index (χ0n) is 13.4. The number of carbonyl (C=O) groups is 1. The highest BCUT2D eigenvalue weighted by atomic mass is 32.2. The summed E-state index contributed by atoms with van der Waals surface area (Å²) in [5, 5.41) is 3.02. The van der Waals surface area contributed by atoms with E-state index in [1.165, 1.54) is 0 Å². The second-order valence-corrected chi connectivity index (χ2v) is 8.66. The summed E-state index contributed by atoms with van der Waals surface area (Å²) < 4.78 is 26.7. The molecule has 1 N–H and O–H groups in total. The average molecular weight is 336 g/mol. The number of hydrogen-bond donors (Lipinski definition) is 1. The van der Waals surface area contributed by atoms with Gasteiger partial charge in [-0.25, -0.2) is 8.42 Å². The number of rotatable bonds is 5. The fraction of sp³-hybridized carbons (Fsp3) is 0.588. The van der Waals surface area contributed by atoms with Crippen LogP contribution in [0.15, 0.2) is 35.2 Å². The number of nitrogens with zero attached hydrogens (tertiary/aromatic N) is 1. The lowest BCUT2D eigenvalue weighted by Gasteiger charge is -2.31. The van der Waals surface area contributed by atoms with Gasteiger partial charge in [0.15, 0.2) is 0 Å². The number of benzene rings is 1. The zero-order valence-corrected chi connectivity index (χ0v) is 14.3. The first-order chi connectivity index (χ1) is 11.0. The van der Waals surface area contributed by atoms with E-state index < -0.39 is 10.0 Å². The molecule has 0 aromatic heterocycles. The molecule has 1 heterocycles. The van der Waals surface area contributed by atoms with Gasteiger partial charge in [0.2, 0.25) is 15.9 Å². The van der Waals surface area contributed by atoms with Gasteiger partial charge in [-0.3, -0.25) is 4.79 Å². The molecule has 1 aromatic rings. The van der Waals surface area contributed by atoms with Crippen molar-refractivity contribution in [1.82, 2.24) is 9.62 Å². The molecule has 2 aliphatic rings. The summed E-state index contributed by atoms with van der Waals surface area (Å²) in [7, 11) is -3.38. The van der Waals surface area contributed by atoms with E-state index >= 15 is 0 Å². The molecule has 1 saturated carbocycles. The molecule has 0 radical (unpaired) electrons. The molecule has 126 valence electrons. The van der Waals surface area contributed by atoms with Crippen molar-refractivity contribution in [3.63, 3.8) is 0 Å². The van der Waals surface area contributed by atoms with Crippen molar-refractivity contribution in [2.45, 2.75) is 31.1 Å². The van der Waals surface area contributed by atoms with Crippen molar-refractivity contribution < 1.29 is 13.2 Å². The van der Waals surface area contributed by atoms with Gasteiger partial charge in [-0.15, -0.1) is 0 Å². The molecular weight excluding hydrogens is 312 g/mol. The fourth-order valence-electron chi connectivity index (χ4n) is 3.16. The largest absolute Gasteiger partial charge is 0.356 e. The Kier molecular flexibility index (Phi) is 4.73. The predicted molar refractivity (Wildman–Crippen MR) is 88.2 cm³/mol. The molecule has 5 nitrogen and oxygen atoms in total. The van der Waals surface area contributed by atoms with Gasteiger partial charge in [-0.2, -0.15) is 4.31 Å². The van der Waals surface area contributed by atoms with E-state index in [2.05, 4.69) is 12.2 Å². The van der Waals surface area contributed by atoms with Crippen LogP contribution < -0.4 is 5.32 Å². The Bertz CT molecular complexity index is 652. The maximum atomic E-state index is 12.5. The Morgan fingerprint density at radius 1 is 1.22 bits per heavy atom. The SMILES string of the molecule is C[C@H]1C[C@H]1C(=O)NCC1CCN(S(=O)(=O)c2ccccc2)CC1. The first-order valence-electron chi connectivity index (χ1n) is 8.31. The highest BCUT2D eigenvalue weighted by Crippen LogP contribution is 2.37. The number of nitrogens with one attached hydrogen (secondary N) is 1. The molecule has 1 saturated heterocycles. The van der Waals surface area contributed by atoms with Crippen LogP contribution in [0.1, 0.15) is 26.2 Å². The number of piperidine rings is 1. The van der Waals surface area contributed by atoms with Crippen molar-refractivity contribution in [3.8, 4) is 0 Å². The normalized spacial score (nSPS) is 26.0. The fourth-order valence-corrected chi connectivity index (χ4v) is 4.65. The summed E-state index contributed by atoms with van der Waals surface area (Å²) in [4.78, 5) is 12.2. The molecule has 2 atom stereocenters. The summed E-state index contributed by atoms with van der Waals surface area (Å²) in [6, 6.07) is 8.58. The lowest BCUT2D eigenvalue weighted by atomic mass is 9.98. The quantitative estimate of drug-likeness (QED) is 0.892. The molecule has 23 heavy (non-hydrogen) atoms. The van der Waals surface area contributed by atoms with Crippen LogP contribution in [-0.2, 0) is 14.8 Å². The van der Waals surface area contributed by atoms with E-state index in [1.54, 1.807) is 28.6 Å². The van der Waals surface area contributed by atoms with Crippen LogP contribution in [0.4, 0.5) is 0 Å². The first-order valence-corrected chi connectivity index (χ1v) is 9.75. The van der Waals surface area contributed by atoms with E-state index in [0.29, 0.717) is 36.4 Å². The van der Waals surface area contributed by atoms with Crippen molar-refractivity contribution in [3.05, 3.63) is 30.3 Å². The van der Waals surface area contributed by atoms with Crippen molar-refractivity contribution >= 4 is 15.9 Å². The molecule has 0 spiro atoms. The first kappa shape index (κ1) is 16.5. The molecule has 1 aliphatic heterocycles. The number of amides is 1. The monoisotopic (exact) mass is 336 g/mol. The van der Waals surface area contributed by atoms with Crippen LogP contribution in [0.3, 0.4) is 0 Å². The Morgan fingerprint density at radius 3 is 2.39 bits per heavy atom. The zero-order chi connectivity index (χ0) is 16.4. The van der Waals surface area contributed by atoms with Gasteiger partial charge < -0.3 is 5.32 Å². The van der Waals surface area contributed by atoms with Gasteiger partial charge in [0.25, 0.3) is 0 Å². The molecule has 6 heteroatoms. The molecule has 1 amide bonds. The summed E-state index contributed by atoms with van der Waals surface area (Å²) in [5.41, 5.74) is 0. The average Bonchev–Trinajstić information content (AvgIpc) is 3.31. The van der Waals surface area contributed by atoms with E-state index in [0.717, 1.165) is 19.3 Å². The second-order valence-electron chi connectivity index (χ2n) is 6.73. The van der Waals surface area contributed by atoms with Crippen LogP contribution in [0, 0.1) is 17.8 Å². The maximum Gasteiger partial charge on any atom is 0.243 e. The topological polar surface area (TPSA) is 66.5 Å². The Hall–Kier alpha value is -1.40. The molecular formula is C17H24N2O3S. The van der Waals surface area contributed by atoms with Crippen LogP contribution in [0.5, 0.6) is 0 Å². The lowest BCUT2D eigenvalue weighted by Crippen LogP contribution is -2.41. The third kappa shape index (κ3) is 3.75. The van der Waals surface area contributed by atoms with Gasteiger partial charge in [0, 0.05) is 25.6 Å². The Morgan fingerprint density at radius 2 is 1.83 bits per heavy atom. The predicted octanol–water partition coefficient (Wildman–Crippen LogP) is 1.86. The minimum absolute atomic E-state index is 0.164. The van der Waals surface area contributed by atoms with Gasteiger partial charge in [-0.1, -0.05) is 25.1 Å². The summed E-state index contributed by atoms with van der Waals surface area (Å²) in [6.07, 6.45) is 2.60. The Labute approximate surface area is 138 Å². The number of hydrogen-bond acceptors (Lipinski definition) is 3. The lowest BCUT2D eigenvalue weighted by molar-refractivity contribution is -0.122. The van der Waals surface area contributed by atoms with Crippen molar-refractivity contribution in [2.24, 2.45) is 17.8 Å². The van der Waals surface area contributed by atoms with E-state index in [-0.39, 0.29) is 11.8 Å². The molecule has 1 aliphatic carbocycles. The minimum atomic E-state index is -3.38. The van der Waals surface area contributed by atoms with Crippen LogP contribution in [0.2, 0.25) is 0 Å². The minimum Gasteiger partial charge on any atom is -0.356 e. The third-order valence-corrected chi connectivity index (χ3v) is 6.88. The van der Waals surface area contributed by atoms with E-state index in [4.69, 9.17) is 0 Å². The molecule has 2 fully saturated rings. The highest BCUT2D eigenvalue weighted by molar-refractivity contribution is 7.89. The summed E-state index contributed by atoms with van der Waals surface area (Å²) in [5.74, 6) is 1.26. The van der Waals surface area contributed by atoms with Gasteiger partial charge in [0.05, 0.1) is 4.90 Å². The highest BCUT2D eigenvalue weighted by Gasteiger charge is 2.39. The van der Waals surface area contributed by atoms with Crippen molar-refractivity contribution in [2.75, 3.05) is 19.6 Å². The van der Waals surface area contributed by atoms with Gasteiger partial charge in [-0.05, 0) is 43.2 Å². The number of carbonyl (C=O) groups excluding carboxylic acids is 1. The smallest absolute Gasteiger partial charge is 0.243 e. The van der Waals surface area contributed by atoms with Gasteiger partial charge in [0.1, 0.15) is 0 Å². The van der Waals surface area contributed by atoms with Crippen LogP contribution in [-0.4, -0.2) is 38.3 Å². The maximum absolute atomic E-state index is 12.5. The Balaban J connectivity index is 1.49. The molecule has 0 bridgehead atoms. The van der Waals surface area contributed by atoms with Crippen LogP contribution >= 0.6 is 0 Å².